The molecule has 5 aromatic rings. The van der Waals surface area contributed by atoms with E-state index in [9.17, 15) is 0 Å². The maximum Gasteiger partial charge on any atom is 0.221 e. The van der Waals surface area contributed by atoms with Crippen molar-refractivity contribution in [1.29, 1.82) is 0 Å². The highest BCUT2D eigenvalue weighted by molar-refractivity contribution is 6.31. The Bertz CT molecular complexity index is 1750. The SMILES string of the molecule is NC(N)=N/N=C/c1c(-c2ccc(Cl)cc2)nc2n1ccc1nc(-c3ccc(Cl)cc3)c(/C=N/N=C(N)N)n12. The zero-order valence-electron chi connectivity index (χ0n) is 19.6. The number of nitrogens with two attached hydrogens (primary N) is 4. The number of benzene rings is 2. The number of fused-ring (bicyclic) bond motifs is 3. The van der Waals surface area contributed by atoms with Crippen molar-refractivity contribution in [2.75, 3.05) is 0 Å². The lowest BCUT2D eigenvalue weighted by molar-refractivity contribution is 1.05. The van der Waals surface area contributed by atoms with Crippen LogP contribution >= 0.6 is 23.2 Å². The van der Waals surface area contributed by atoms with Crippen LogP contribution in [-0.4, -0.2) is 43.1 Å². The van der Waals surface area contributed by atoms with E-state index < -0.39 is 0 Å². The number of hydrogen-bond acceptors (Lipinski definition) is 6. The molecular formula is C24H20Cl2N12. The van der Waals surface area contributed by atoms with E-state index in [-0.39, 0.29) is 11.9 Å². The highest BCUT2D eigenvalue weighted by Gasteiger charge is 2.20. The maximum atomic E-state index is 6.12. The predicted octanol–water partition coefficient (Wildman–Crippen LogP) is 2.84. The largest absolute Gasteiger partial charge is 0.369 e. The first-order valence-corrected chi connectivity index (χ1v) is 11.8. The summed E-state index contributed by atoms with van der Waals surface area (Å²) in [5.74, 6) is 0.153. The summed E-state index contributed by atoms with van der Waals surface area (Å²) in [4.78, 5) is 9.76. The summed E-state index contributed by atoms with van der Waals surface area (Å²) in [6.07, 6.45) is 4.84. The second kappa shape index (κ2) is 10.2. The Balaban J connectivity index is 1.83. The molecule has 0 unspecified atom stereocenters. The molecule has 0 atom stereocenters. The van der Waals surface area contributed by atoms with Crippen LogP contribution in [0.15, 0.2) is 81.2 Å². The van der Waals surface area contributed by atoms with E-state index >= 15 is 0 Å². The number of imidazole rings is 2. The zero-order valence-corrected chi connectivity index (χ0v) is 21.1. The first kappa shape index (κ1) is 24.7. The smallest absolute Gasteiger partial charge is 0.221 e. The van der Waals surface area contributed by atoms with E-state index in [0.29, 0.717) is 44.2 Å². The second-order valence-electron chi connectivity index (χ2n) is 7.92. The molecule has 14 heteroatoms. The van der Waals surface area contributed by atoms with Gasteiger partial charge in [0, 0.05) is 27.4 Å². The van der Waals surface area contributed by atoms with Gasteiger partial charge in [-0.15, -0.1) is 10.2 Å². The van der Waals surface area contributed by atoms with Crippen LogP contribution in [0.3, 0.4) is 0 Å². The van der Waals surface area contributed by atoms with E-state index in [0.717, 1.165) is 11.1 Å². The highest BCUT2D eigenvalue weighted by atomic mass is 35.5. The number of guanidine groups is 2. The lowest BCUT2D eigenvalue weighted by atomic mass is 10.1. The summed E-state index contributed by atoms with van der Waals surface area (Å²) in [6.45, 7) is 0. The van der Waals surface area contributed by atoms with E-state index in [1.807, 2.05) is 45.3 Å². The quantitative estimate of drug-likeness (QED) is 0.144. The van der Waals surface area contributed by atoms with Gasteiger partial charge in [0.05, 0.1) is 29.5 Å². The molecule has 12 nitrogen and oxygen atoms in total. The molecule has 38 heavy (non-hydrogen) atoms. The van der Waals surface area contributed by atoms with Gasteiger partial charge in [-0.2, -0.15) is 10.2 Å². The summed E-state index contributed by atoms with van der Waals surface area (Å²) in [6, 6.07) is 16.4. The molecule has 0 aliphatic carbocycles. The molecule has 2 aromatic carbocycles. The van der Waals surface area contributed by atoms with Gasteiger partial charge in [0.2, 0.25) is 17.7 Å². The standard InChI is InChI=1S/C24H20Cl2N12/c25-15-5-1-13(2-6-15)20-17(11-31-35-22(27)28)37-10-9-19-33-21(14-3-7-16(26)8-4-14)18(12-32-36-23(29)30)38(19)24(37)34-20/h1-12H,(H4,27,28,35)(H4,29,30,36)/b31-11+,32-12+. The number of rotatable bonds is 6. The fourth-order valence-corrected chi connectivity index (χ4v) is 4.09. The Morgan fingerprint density at radius 3 is 1.71 bits per heavy atom. The predicted molar refractivity (Wildman–Crippen MR) is 152 cm³/mol. The van der Waals surface area contributed by atoms with Crippen LogP contribution < -0.4 is 22.9 Å². The van der Waals surface area contributed by atoms with Gasteiger partial charge in [0.1, 0.15) is 11.3 Å². The Hall–Kier alpha value is -4.94. The van der Waals surface area contributed by atoms with Gasteiger partial charge in [0.25, 0.3) is 0 Å². The van der Waals surface area contributed by atoms with Crippen LogP contribution in [0.2, 0.25) is 10.0 Å². The minimum absolute atomic E-state index is 0.175. The number of nitrogens with zero attached hydrogens (tertiary/aromatic N) is 8. The van der Waals surface area contributed by atoms with Gasteiger partial charge in [-0.05, 0) is 30.3 Å². The Kier molecular flexibility index (Phi) is 6.64. The third-order valence-electron chi connectivity index (χ3n) is 5.38. The number of aromatic nitrogens is 4. The zero-order chi connectivity index (χ0) is 26.8. The number of halogens is 2. The van der Waals surface area contributed by atoms with Crippen molar-refractivity contribution in [1.82, 2.24) is 18.8 Å². The van der Waals surface area contributed by atoms with Crippen LogP contribution in [0.1, 0.15) is 11.4 Å². The molecular weight excluding hydrogens is 527 g/mol. The molecule has 0 bridgehead atoms. The second-order valence-corrected chi connectivity index (χ2v) is 8.80. The molecule has 0 amide bonds. The van der Waals surface area contributed by atoms with Gasteiger partial charge in [0.15, 0.2) is 0 Å². The van der Waals surface area contributed by atoms with Crippen molar-refractivity contribution in [3.8, 4) is 22.5 Å². The average Bonchev–Trinajstić information content (AvgIpc) is 3.43. The average molecular weight is 547 g/mol. The van der Waals surface area contributed by atoms with Gasteiger partial charge < -0.3 is 22.9 Å². The molecule has 3 aromatic heterocycles. The van der Waals surface area contributed by atoms with Crippen molar-refractivity contribution in [2.45, 2.75) is 0 Å². The summed E-state index contributed by atoms with van der Waals surface area (Å²) in [7, 11) is 0. The number of hydrogen-bond donors (Lipinski definition) is 4. The molecule has 0 saturated heterocycles. The molecule has 0 saturated carbocycles. The van der Waals surface area contributed by atoms with Gasteiger partial charge in [-0.25, -0.2) is 9.97 Å². The van der Waals surface area contributed by atoms with Crippen molar-refractivity contribution < 1.29 is 0 Å². The van der Waals surface area contributed by atoms with E-state index in [1.165, 1.54) is 12.4 Å². The lowest BCUT2D eigenvalue weighted by Gasteiger charge is -2.03. The third-order valence-corrected chi connectivity index (χ3v) is 5.89. The Morgan fingerprint density at radius 2 is 1.18 bits per heavy atom. The van der Waals surface area contributed by atoms with E-state index in [2.05, 4.69) is 20.4 Å². The molecule has 0 fully saturated rings. The third kappa shape index (κ3) is 4.85. The van der Waals surface area contributed by atoms with Crippen molar-refractivity contribution >= 4 is 59.0 Å². The maximum absolute atomic E-state index is 6.12. The van der Waals surface area contributed by atoms with Crippen LogP contribution in [0.4, 0.5) is 0 Å². The normalized spacial score (nSPS) is 11.6. The summed E-state index contributed by atoms with van der Waals surface area (Å²) in [5, 5.41) is 16.7. The molecule has 0 spiro atoms. The van der Waals surface area contributed by atoms with Crippen LogP contribution in [0, 0.1) is 0 Å². The van der Waals surface area contributed by atoms with Crippen molar-refractivity contribution in [2.24, 2.45) is 43.3 Å². The molecule has 8 N–H and O–H groups in total. The highest BCUT2D eigenvalue weighted by Crippen LogP contribution is 2.29. The fourth-order valence-electron chi connectivity index (χ4n) is 3.84. The van der Waals surface area contributed by atoms with Gasteiger partial charge in [-0.1, -0.05) is 47.5 Å². The van der Waals surface area contributed by atoms with Gasteiger partial charge in [-0.3, -0.25) is 8.80 Å². The first-order chi connectivity index (χ1) is 18.3. The first-order valence-electron chi connectivity index (χ1n) is 11.0. The minimum atomic E-state index is -0.183. The fraction of sp³-hybridized carbons (Fsp3) is 0. The van der Waals surface area contributed by atoms with Crippen molar-refractivity contribution in [3.63, 3.8) is 0 Å². The van der Waals surface area contributed by atoms with Crippen LogP contribution in [0.25, 0.3) is 33.9 Å². The molecule has 0 radical (unpaired) electrons. The minimum Gasteiger partial charge on any atom is -0.369 e. The summed E-state index contributed by atoms with van der Waals surface area (Å²) >= 11 is 12.2. The van der Waals surface area contributed by atoms with Gasteiger partial charge >= 0.3 is 0 Å². The molecule has 3 heterocycles. The monoisotopic (exact) mass is 546 g/mol. The van der Waals surface area contributed by atoms with Crippen LogP contribution in [0.5, 0.6) is 0 Å². The van der Waals surface area contributed by atoms with Crippen LogP contribution in [-0.2, 0) is 0 Å². The lowest BCUT2D eigenvalue weighted by Crippen LogP contribution is -2.21. The summed E-state index contributed by atoms with van der Waals surface area (Å²) < 4.78 is 3.65. The summed E-state index contributed by atoms with van der Waals surface area (Å²) in [5.41, 5.74) is 26.5. The van der Waals surface area contributed by atoms with Crippen molar-refractivity contribution in [3.05, 3.63) is 82.2 Å². The molecule has 190 valence electrons. The van der Waals surface area contributed by atoms with E-state index in [1.54, 1.807) is 24.3 Å². The molecule has 5 rings (SSSR count). The molecule has 0 aliphatic heterocycles. The topological polar surface area (TPSA) is 188 Å². The Morgan fingerprint density at radius 1 is 0.684 bits per heavy atom. The Labute approximate surface area is 225 Å². The molecule has 0 aliphatic rings. The van der Waals surface area contributed by atoms with E-state index in [4.69, 9.17) is 56.1 Å².